The first-order chi connectivity index (χ1) is 6.52. The average molecular weight is 190 g/mol. The van der Waals surface area contributed by atoms with Crippen molar-refractivity contribution < 1.29 is 0 Å². The lowest BCUT2D eigenvalue weighted by Gasteiger charge is -2.41. The van der Waals surface area contributed by atoms with E-state index in [-0.39, 0.29) is 5.41 Å². The molecule has 0 amide bonds. The van der Waals surface area contributed by atoms with Crippen LogP contribution in [0.4, 0.5) is 0 Å². The summed E-state index contributed by atoms with van der Waals surface area (Å²) in [5.41, 5.74) is 0.512. The van der Waals surface area contributed by atoms with Crippen LogP contribution in [0.1, 0.15) is 40.5 Å². The van der Waals surface area contributed by atoms with E-state index in [1.54, 1.807) is 0 Å². The molecule has 0 saturated heterocycles. The van der Waals surface area contributed by atoms with Crippen molar-refractivity contribution in [3.63, 3.8) is 0 Å². The standard InChI is InChI=1S/C14H22/c1-5-6-10-14(13(2,3)4)11-8-7-9-12-14/h6-11H,5,12H2,1-4H3. The smallest absolute Gasteiger partial charge is 0.0147 e. The summed E-state index contributed by atoms with van der Waals surface area (Å²) >= 11 is 0. The molecule has 0 heterocycles. The van der Waals surface area contributed by atoms with Crippen molar-refractivity contribution in [2.45, 2.75) is 40.5 Å². The minimum Gasteiger partial charge on any atom is -0.0879 e. The summed E-state index contributed by atoms with van der Waals surface area (Å²) in [5.74, 6) is 0. The molecule has 78 valence electrons. The highest BCUT2D eigenvalue weighted by Crippen LogP contribution is 2.46. The molecule has 1 unspecified atom stereocenters. The fraction of sp³-hybridized carbons (Fsp3) is 0.571. The van der Waals surface area contributed by atoms with Crippen LogP contribution in [0.25, 0.3) is 0 Å². The molecule has 0 spiro atoms. The zero-order valence-corrected chi connectivity index (χ0v) is 9.88. The maximum Gasteiger partial charge on any atom is 0.0147 e. The van der Waals surface area contributed by atoms with Crippen molar-refractivity contribution in [1.82, 2.24) is 0 Å². The fourth-order valence-corrected chi connectivity index (χ4v) is 1.89. The van der Waals surface area contributed by atoms with E-state index in [2.05, 4.69) is 64.2 Å². The molecule has 0 N–H and O–H groups in total. The van der Waals surface area contributed by atoms with Crippen LogP contribution in [0.15, 0.2) is 36.5 Å². The van der Waals surface area contributed by atoms with Gasteiger partial charge in [-0.15, -0.1) is 0 Å². The number of hydrogen-bond acceptors (Lipinski definition) is 0. The van der Waals surface area contributed by atoms with E-state index in [9.17, 15) is 0 Å². The summed E-state index contributed by atoms with van der Waals surface area (Å²) in [6, 6.07) is 0. The Morgan fingerprint density at radius 3 is 2.43 bits per heavy atom. The molecule has 0 saturated carbocycles. The highest BCUT2D eigenvalue weighted by atomic mass is 14.4. The maximum absolute atomic E-state index is 2.38. The Hall–Kier alpha value is -0.780. The van der Waals surface area contributed by atoms with E-state index in [1.165, 1.54) is 0 Å². The molecule has 1 atom stereocenters. The van der Waals surface area contributed by atoms with Gasteiger partial charge in [-0.1, -0.05) is 64.2 Å². The lowest BCUT2D eigenvalue weighted by Crippen LogP contribution is -2.32. The summed E-state index contributed by atoms with van der Waals surface area (Å²) in [7, 11) is 0. The van der Waals surface area contributed by atoms with Gasteiger partial charge in [-0.2, -0.15) is 0 Å². The van der Waals surface area contributed by atoms with Crippen molar-refractivity contribution in [1.29, 1.82) is 0 Å². The molecule has 0 bridgehead atoms. The minimum absolute atomic E-state index is 0.220. The second-order valence-electron chi connectivity index (χ2n) is 5.09. The second-order valence-corrected chi connectivity index (χ2v) is 5.09. The molecule has 1 rings (SSSR count). The molecule has 0 fully saturated rings. The van der Waals surface area contributed by atoms with Crippen molar-refractivity contribution in [3.8, 4) is 0 Å². The van der Waals surface area contributed by atoms with Crippen LogP contribution in [0, 0.1) is 10.8 Å². The molecule has 0 nitrogen and oxygen atoms in total. The highest BCUT2D eigenvalue weighted by molar-refractivity contribution is 5.25. The predicted octanol–water partition coefficient (Wildman–Crippen LogP) is 4.50. The molecule has 1 aliphatic carbocycles. The predicted molar refractivity (Wildman–Crippen MR) is 64.2 cm³/mol. The van der Waals surface area contributed by atoms with Crippen LogP contribution in [0.2, 0.25) is 0 Å². The molecule has 0 aromatic rings. The van der Waals surface area contributed by atoms with Crippen LogP contribution in [0.5, 0.6) is 0 Å². The average Bonchev–Trinajstić information content (AvgIpc) is 2.14. The van der Waals surface area contributed by atoms with Crippen molar-refractivity contribution in [2.24, 2.45) is 10.8 Å². The Bertz CT molecular complexity index is 260. The highest BCUT2D eigenvalue weighted by Gasteiger charge is 2.36. The van der Waals surface area contributed by atoms with E-state index in [1.807, 2.05) is 0 Å². The third kappa shape index (κ3) is 2.17. The Balaban J connectivity index is 2.97. The van der Waals surface area contributed by atoms with E-state index in [0.29, 0.717) is 5.41 Å². The SMILES string of the molecule is CCC=CC1(C(C)(C)C)C=CC=CC1. The lowest BCUT2D eigenvalue weighted by atomic mass is 9.63. The Labute approximate surface area is 88.4 Å². The molecule has 0 radical (unpaired) electrons. The van der Waals surface area contributed by atoms with Crippen LogP contribution < -0.4 is 0 Å². The number of allylic oxidation sites excluding steroid dienone is 6. The van der Waals surface area contributed by atoms with Crippen LogP contribution in [0.3, 0.4) is 0 Å². The van der Waals surface area contributed by atoms with Gasteiger partial charge in [0, 0.05) is 5.41 Å². The Morgan fingerprint density at radius 1 is 1.29 bits per heavy atom. The van der Waals surface area contributed by atoms with Gasteiger partial charge in [-0.25, -0.2) is 0 Å². The minimum atomic E-state index is 0.220. The van der Waals surface area contributed by atoms with Crippen molar-refractivity contribution >= 4 is 0 Å². The normalized spacial score (nSPS) is 27.4. The third-order valence-electron chi connectivity index (χ3n) is 3.14. The molecule has 1 aliphatic rings. The van der Waals surface area contributed by atoms with Crippen molar-refractivity contribution in [2.75, 3.05) is 0 Å². The molecule has 0 aromatic carbocycles. The maximum atomic E-state index is 2.38. The summed E-state index contributed by atoms with van der Waals surface area (Å²) in [6.45, 7) is 9.14. The van der Waals surface area contributed by atoms with Crippen LogP contribution >= 0.6 is 0 Å². The zero-order chi connectivity index (χ0) is 10.7. The second kappa shape index (κ2) is 4.16. The lowest BCUT2D eigenvalue weighted by molar-refractivity contribution is 0.205. The third-order valence-corrected chi connectivity index (χ3v) is 3.14. The number of rotatable bonds is 2. The van der Waals surface area contributed by atoms with Gasteiger partial charge < -0.3 is 0 Å². The monoisotopic (exact) mass is 190 g/mol. The van der Waals surface area contributed by atoms with E-state index in [0.717, 1.165) is 12.8 Å². The Kier molecular flexibility index (Phi) is 3.36. The van der Waals surface area contributed by atoms with Gasteiger partial charge in [0.15, 0.2) is 0 Å². The number of hydrogen-bond donors (Lipinski definition) is 0. The summed E-state index contributed by atoms with van der Waals surface area (Å²) < 4.78 is 0. The molecule has 0 heteroatoms. The zero-order valence-electron chi connectivity index (χ0n) is 9.88. The first kappa shape index (κ1) is 11.3. The van der Waals surface area contributed by atoms with E-state index < -0.39 is 0 Å². The largest absolute Gasteiger partial charge is 0.0879 e. The molecule has 0 aliphatic heterocycles. The van der Waals surface area contributed by atoms with Gasteiger partial charge in [-0.3, -0.25) is 0 Å². The van der Waals surface area contributed by atoms with E-state index >= 15 is 0 Å². The van der Waals surface area contributed by atoms with Gasteiger partial charge >= 0.3 is 0 Å². The van der Waals surface area contributed by atoms with Gasteiger partial charge in [0.25, 0.3) is 0 Å². The van der Waals surface area contributed by atoms with Gasteiger partial charge in [0.05, 0.1) is 0 Å². The van der Waals surface area contributed by atoms with E-state index in [4.69, 9.17) is 0 Å². The molecular formula is C14H22. The topological polar surface area (TPSA) is 0 Å². The van der Waals surface area contributed by atoms with Crippen LogP contribution in [-0.4, -0.2) is 0 Å². The summed E-state index contributed by atoms with van der Waals surface area (Å²) in [4.78, 5) is 0. The van der Waals surface area contributed by atoms with Crippen LogP contribution in [-0.2, 0) is 0 Å². The quantitative estimate of drug-likeness (QED) is 0.562. The van der Waals surface area contributed by atoms with Gasteiger partial charge in [-0.05, 0) is 18.3 Å². The fourth-order valence-electron chi connectivity index (χ4n) is 1.89. The molecular weight excluding hydrogens is 168 g/mol. The molecule has 14 heavy (non-hydrogen) atoms. The molecule has 0 aromatic heterocycles. The van der Waals surface area contributed by atoms with Crippen molar-refractivity contribution in [3.05, 3.63) is 36.5 Å². The first-order valence-electron chi connectivity index (χ1n) is 5.54. The summed E-state index contributed by atoms with van der Waals surface area (Å²) in [5, 5.41) is 0. The first-order valence-corrected chi connectivity index (χ1v) is 5.54. The summed E-state index contributed by atoms with van der Waals surface area (Å²) in [6.07, 6.45) is 15.9. The Morgan fingerprint density at radius 2 is 2.00 bits per heavy atom. The van der Waals surface area contributed by atoms with Gasteiger partial charge in [0.1, 0.15) is 0 Å². The van der Waals surface area contributed by atoms with Gasteiger partial charge in [0.2, 0.25) is 0 Å².